The second-order valence-electron chi connectivity index (χ2n) is 6.57. The molecule has 2 bridgehead atoms. The van der Waals surface area contributed by atoms with Crippen LogP contribution < -0.4 is 5.32 Å². The maximum Gasteiger partial charge on any atom is 0.326 e. The molecule has 2 unspecified atom stereocenters. The summed E-state index contributed by atoms with van der Waals surface area (Å²) in [6.07, 6.45) is 5.45. The largest absolute Gasteiger partial charge is 0.468 e. The van der Waals surface area contributed by atoms with Crippen LogP contribution in [0.5, 0.6) is 0 Å². The van der Waals surface area contributed by atoms with E-state index in [0.29, 0.717) is 12.1 Å². The number of rotatable bonds is 2. The highest BCUT2D eigenvalue weighted by atomic mass is 16.5. The predicted molar refractivity (Wildman–Crippen MR) is 77.6 cm³/mol. The van der Waals surface area contributed by atoms with Gasteiger partial charge >= 0.3 is 5.97 Å². The number of esters is 1. The van der Waals surface area contributed by atoms with Crippen molar-refractivity contribution in [3.8, 4) is 0 Å². The Morgan fingerprint density at radius 2 is 1.90 bits per heavy atom. The van der Waals surface area contributed by atoms with Crippen LogP contribution in [0.2, 0.25) is 0 Å². The van der Waals surface area contributed by atoms with Crippen molar-refractivity contribution in [3.63, 3.8) is 0 Å². The molecule has 0 spiro atoms. The third-order valence-corrected chi connectivity index (χ3v) is 5.64. The van der Waals surface area contributed by atoms with Gasteiger partial charge in [-0.25, -0.2) is 0 Å². The summed E-state index contributed by atoms with van der Waals surface area (Å²) < 4.78 is 5.23. The molecule has 1 N–H and O–H groups in total. The zero-order chi connectivity index (χ0) is 14.2. The van der Waals surface area contributed by atoms with E-state index in [4.69, 9.17) is 4.74 Å². The number of ether oxygens (including phenoxy) is 1. The number of fused-ring (bicyclic) bond motifs is 2. The molecule has 0 aromatic carbocycles. The van der Waals surface area contributed by atoms with E-state index in [2.05, 4.69) is 22.2 Å². The third kappa shape index (κ3) is 2.26. The SMILES string of the molecule is COC(=O)C1(N2CCCNCC2)CC2CCC(C1)N2C. The van der Waals surface area contributed by atoms with Crippen molar-refractivity contribution in [3.05, 3.63) is 0 Å². The number of methoxy groups -OCH3 is 1. The number of hydrogen-bond acceptors (Lipinski definition) is 5. The molecule has 0 aromatic rings. The van der Waals surface area contributed by atoms with E-state index in [1.54, 1.807) is 7.11 Å². The Bertz CT molecular complexity index is 352. The van der Waals surface area contributed by atoms with E-state index in [0.717, 1.165) is 45.4 Å². The van der Waals surface area contributed by atoms with Crippen molar-refractivity contribution in [2.24, 2.45) is 0 Å². The minimum Gasteiger partial charge on any atom is -0.468 e. The Morgan fingerprint density at radius 3 is 2.55 bits per heavy atom. The second kappa shape index (κ2) is 5.62. The lowest BCUT2D eigenvalue weighted by atomic mass is 9.81. The van der Waals surface area contributed by atoms with Gasteiger partial charge in [0.2, 0.25) is 0 Å². The molecule has 3 aliphatic heterocycles. The van der Waals surface area contributed by atoms with Crippen LogP contribution in [-0.2, 0) is 9.53 Å². The van der Waals surface area contributed by atoms with Crippen LogP contribution in [0.4, 0.5) is 0 Å². The van der Waals surface area contributed by atoms with E-state index in [1.165, 1.54) is 12.8 Å². The average Bonchev–Trinajstić information content (AvgIpc) is 2.75. The fraction of sp³-hybridized carbons (Fsp3) is 0.933. The van der Waals surface area contributed by atoms with Crippen LogP contribution in [0.15, 0.2) is 0 Å². The Labute approximate surface area is 121 Å². The van der Waals surface area contributed by atoms with Crippen LogP contribution in [0.1, 0.15) is 32.1 Å². The molecule has 0 saturated carbocycles. The van der Waals surface area contributed by atoms with Crippen molar-refractivity contribution < 1.29 is 9.53 Å². The zero-order valence-electron chi connectivity index (χ0n) is 12.7. The topological polar surface area (TPSA) is 44.8 Å². The van der Waals surface area contributed by atoms with Crippen LogP contribution in [0.3, 0.4) is 0 Å². The fourth-order valence-corrected chi connectivity index (χ4v) is 4.46. The van der Waals surface area contributed by atoms with E-state index in [-0.39, 0.29) is 11.5 Å². The van der Waals surface area contributed by atoms with Crippen LogP contribution >= 0.6 is 0 Å². The molecule has 0 aliphatic carbocycles. The van der Waals surface area contributed by atoms with Gasteiger partial charge in [0.1, 0.15) is 5.54 Å². The molecular weight excluding hydrogens is 254 g/mol. The highest BCUT2D eigenvalue weighted by Crippen LogP contribution is 2.43. The third-order valence-electron chi connectivity index (χ3n) is 5.64. The van der Waals surface area contributed by atoms with Gasteiger partial charge in [0, 0.05) is 31.7 Å². The first-order valence-electron chi connectivity index (χ1n) is 7.93. The van der Waals surface area contributed by atoms with Crippen LogP contribution in [-0.4, -0.2) is 73.7 Å². The summed E-state index contributed by atoms with van der Waals surface area (Å²) >= 11 is 0. The van der Waals surface area contributed by atoms with Crippen molar-refractivity contribution in [2.75, 3.05) is 40.3 Å². The lowest BCUT2D eigenvalue weighted by Gasteiger charge is -2.49. The standard InChI is InChI=1S/C15H27N3O2/c1-17-12-4-5-13(17)11-15(10-12,14(19)20-2)18-8-3-6-16-7-9-18/h12-13,16H,3-11H2,1-2H3. The Balaban J connectivity index is 1.87. The Morgan fingerprint density at radius 1 is 1.20 bits per heavy atom. The normalized spacial score (nSPS) is 39.5. The molecule has 3 rings (SSSR count). The molecule has 0 aromatic heterocycles. The summed E-state index contributed by atoms with van der Waals surface area (Å²) in [6, 6.07) is 1.09. The molecule has 3 aliphatic rings. The van der Waals surface area contributed by atoms with Gasteiger partial charge in [0.15, 0.2) is 0 Å². The van der Waals surface area contributed by atoms with Gasteiger partial charge in [-0.2, -0.15) is 0 Å². The quantitative estimate of drug-likeness (QED) is 0.745. The molecule has 0 radical (unpaired) electrons. The van der Waals surface area contributed by atoms with E-state index < -0.39 is 0 Å². The highest BCUT2D eigenvalue weighted by Gasteiger charge is 2.54. The van der Waals surface area contributed by atoms with Gasteiger partial charge in [0.05, 0.1) is 7.11 Å². The number of carbonyl (C=O) groups is 1. The second-order valence-corrected chi connectivity index (χ2v) is 6.57. The van der Waals surface area contributed by atoms with Crippen LogP contribution in [0.25, 0.3) is 0 Å². The van der Waals surface area contributed by atoms with Crippen molar-refractivity contribution in [2.45, 2.75) is 49.7 Å². The smallest absolute Gasteiger partial charge is 0.326 e. The first kappa shape index (κ1) is 14.3. The van der Waals surface area contributed by atoms with Gasteiger partial charge in [-0.15, -0.1) is 0 Å². The van der Waals surface area contributed by atoms with Crippen molar-refractivity contribution >= 4 is 5.97 Å². The summed E-state index contributed by atoms with van der Waals surface area (Å²) in [5, 5.41) is 3.43. The van der Waals surface area contributed by atoms with E-state index in [9.17, 15) is 4.79 Å². The maximum atomic E-state index is 12.6. The Hall–Kier alpha value is -0.650. The molecule has 3 heterocycles. The summed E-state index contributed by atoms with van der Waals surface area (Å²) in [4.78, 5) is 17.5. The van der Waals surface area contributed by atoms with E-state index >= 15 is 0 Å². The van der Waals surface area contributed by atoms with Gasteiger partial charge < -0.3 is 15.0 Å². The maximum absolute atomic E-state index is 12.6. The lowest BCUT2D eigenvalue weighted by molar-refractivity contribution is -0.161. The number of nitrogens with zero attached hydrogens (tertiary/aromatic N) is 2. The van der Waals surface area contributed by atoms with Gasteiger partial charge in [-0.05, 0) is 45.7 Å². The molecule has 114 valence electrons. The molecule has 0 amide bonds. The average molecular weight is 281 g/mol. The number of nitrogens with one attached hydrogen (secondary N) is 1. The van der Waals surface area contributed by atoms with Gasteiger partial charge in [-0.3, -0.25) is 9.69 Å². The predicted octanol–water partition coefficient (Wildman–Crippen LogP) is 0.450. The molecule has 3 saturated heterocycles. The minimum absolute atomic E-state index is 0.00981. The molecule has 5 heteroatoms. The molecule has 20 heavy (non-hydrogen) atoms. The number of hydrogen-bond donors (Lipinski definition) is 1. The van der Waals surface area contributed by atoms with Gasteiger partial charge in [-0.1, -0.05) is 0 Å². The van der Waals surface area contributed by atoms with E-state index in [1.807, 2.05) is 0 Å². The lowest BCUT2D eigenvalue weighted by Crippen LogP contribution is -2.63. The minimum atomic E-state index is -0.376. The zero-order valence-corrected chi connectivity index (χ0v) is 12.7. The number of piperidine rings is 1. The van der Waals surface area contributed by atoms with Crippen LogP contribution in [0, 0.1) is 0 Å². The first-order chi connectivity index (χ1) is 9.67. The first-order valence-corrected chi connectivity index (χ1v) is 7.93. The molecule has 5 nitrogen and oxygen atoms in total. The molecule has 2 atom stereocenters. The summed E-state index contributed by atoms with van der Waals surface area (Å²) in [5.41, 5.74) is -0.376. The van der Waals surface area contributed by atoms with Crippen molar-refractivity contribution in [1.29, 1.82) is 0 Å². The van der Waals surface area contributed by atoms with Gasteiger partial charge in [0.25, 0.3) is 0 Å². The number of carbonyl (C=O) groups excluding carboxylic acids is 1. The Kier molecular flexibility index (Phi) is 4.02. The van der Waals surface area contributed by atoms with Crippen molar-refractivity contribution in [1.82, 2.24) is 15.1 Å². The molecular formula is C15H27N3O2. The summed E-state index contributed by atoms with van der Waals surface area (Å²) in [5.74, 6) is -0.00981. The fourth-order valence-electron chi connectivity index (χ4n) is 4.46. The summed E-state index contributed by atoms with van der Waals surface area (Å²) in [6.45, 7) is 3.99. The highest BCUT2D eigenvalue weighted by molar-refractivity contribution is 5.81. The monoisotopic (exact) mass is 281 g/mol. The summed E-state index contributed by atoms with van der Waals surface area (Å²) in [7, 11) is 3.76. The molecule has 3 fully saturated rings.